The van der Waals surface area contributed by atoms with E-state index in [9.17, 15) is 10.2 Å². The van der Waals surface area contributed by atoms with Crippen molar-refractivity contribution >= 4 is 21.5 Å². The lowest BCUT2D eigenvalue weighted by atomic mass is 9.67. The van der Waals surface area contributed by atoms with Crippen LogP contribution >= 0.6 is 0 Å². The topological polar surface area (TPSA) is 58.9 Å². The second kappa shape index (κ2) is 13.7. The van der Waals surface area contributed by atoms with Crippen molar-refractivity contribution in [2.45, 2.75) is 5.41 Å². The Morgan fingerprint density at radius 3 is 1.38 bits per heavy atom. The smallest absolute Gasteiger partial charge is 0.119 e. The number of aliphatic hydroxyl groups excluding tert-OH is 2. The largest absolute Gasteiger partial charge is 0.491 e. The second-order valence-electron chi connectivity index (χ2n) is 13.6. The van der Waals surface area contributed by atoms with Crippen LogP contribution < -0.4 is 9.47 Å². The third-order valence-electron chi connectivity index (χ3n) is 10.6. The van der Waals surface area contributed by atoms with Crippen LogP contribution in [0.2, 0.25) is 0 Å². The van der Waals surface area contributed by atoms with Gasteiger partial charge in [0.15, 0.2) is 0 Å². The highest BCUT2D eigenvalue weighted by Crippen LogP contribution is 2.57. The Hall–Kier alpha value is -6.20. The monoisotopic (exact) mass is 690 g/mol. The molecule has 0 spiro atoms. The summed E-state index contributed by atoms with van der Waals surface area (Å²) in [7, 11) is 0. The molecule has 1 aliphatic rings. The summed E-state index contributed by atoms with van der Waals surface area (Å²) in [4.78, 5) is 0. The lowest BCUT2D eigenvalue weighted by molar-refractivity contribution is 0.201. The summed E-state index contributed by atoms with van der Waals surface area (Å²) in [6.07, 6.45) is 0. The molecule has 0 unspecified atom stereocenters. The highest BCUT2D eigenvalue weighted by Gasteiger charge is 2.46. The average molecular weight is 691 g/mol. The van der Waals surface area contributed by atoms with Crippen LogP contribution in [0.25, 0.3) is 54.9 Å². The fraction of sp³-hybridized carbons (Fsp3) is 0.102. The molecular weight excluding hydrogens is 653 g/mol. The first-order valence-corrected chi connectivity index (χ1v) is 18.1. The Kier molecular flexibility index (Phi) is 8.47. The molecule has 4 heteroatoms. The quantitative estimate of drug-likeness (QED) is 0.150. The number of benzene rings is 8. The first kappa shape index (κ1) is 32.7. The van der Waals surface area contributed by atoms with Gasteiger partial charge in [0.25, 0.3) is 0 Å². The molecule has 9 rings (SSSR count). The normalized spacial score (nSPS) is 12.8. The molecule has 258 valence electrons. The van der Waals surface area contributed by atoms with Gasteiger partial charge in [-0.1, -0.05) is 121 Å². The zero-order valence-electron chi connectivity index (χ0n) is 29.2. The Morgan fingerprint density at radius 2 is 0.811 bits per heavy atom. The Morgan fingerprint density at radius 1 is 0.377 bits per heavy atom. The summed E-state index contributed by atoms with van der Waals surface area (Å²) in [5.74, 6) is 1.43. The number of hydrogen-bond acceptors (Lipinski definition) is 4. The van der Waals surface area contributed by atoms with Gasteiger partial charge in [-0.05, 0) is 126 Å². The number of aliphatic hydroxyl groups is 2. The summed E-state index contributed by atoms with van der Waals surface area (Å²) >= 11 is 0. The van der Waals surface area contributed by atoms with Crippen molar-refractivity contribution in [3.05, 3.63) is 192 Å². The predicted octanol–water partition coefficient (Wildman–Crippen LogP) is 10.4. The molecule has 0 heterocycles. The van der Waals surface area contributed by atoms with Gasteiger partial charge in [-0.2, -0.15) is 0 Å². The van der Waals surface area contributed by atoms with Crippen LogP contribution in [0.15, 0.2) is 170 Å². The predicted molar refractivity (Wildman–Crippen MR) is 215 cm³/mol. The summed E-state index contributed by atoms with van der Waals surface area (Å²) in [5.41, 5.74) is 11.1. The summed E-state index contributed by atoms with van der Waals surface area (Å²) in [6.45, 7) is 0.400. The van der Waals surface area contributed by atoms with Crippen LogP contribution in [0.1, 0.15) is 22.3 Å². The Labute approximate surface area is 309 Å². The molecule has 1 aliphatic carbocycles. The summed E-state index contributed by atoms with van der Waals surface area (Å²) < 4.78 is 11.6. The van der Waals surface area contributed by atoms with E-state index >= 15 is 0 Å². The molecule has 0 aromatic heterocycles. The lowest BCUT2D eigenvalue weighted by Gasteiger charge is -2.34. The van der Waals surface area contributed by atoms with Gasteiger partial charge in [-0.25, -0.2) is 0 Å². The van der Waals surface area contributed by atoms with Gasteiger partial charge in [0.05, 0.1) is 18.6 Å². The van der Waals surface area contributed by atoms with Crippen molar-refractivity contribution in [3.8, 4) is 44.9 Å². The third-order valence-corrected chi connectivity index (χ3v) is 10.6. The highest BCUT2D eigenvalue weighted by molar-refractivity contribution is 5.94. The van der Waals surface area contributed by atoms with Crippen LogP contribution in [0.3, 0.4) is 0 Å². The number of hydrogen-bond donors (Lipinski definition) is 2. The van der Waals surface area contributed by atoms with E-state index in [1.165, 1.54) is 54.9 Å². The zero-order chi connectivity index (χ0) is 35.8. The minimum atomic E-state index is -0.626. The molecule has 2 N–H and O–H groups in total. The minimum Gasteiger partial charge on any atom is -0.491 e. The molecule has 0 amide bonds. The van der Waals surface area contributed by atoms with Crippen molar-refractivity contribution in [2.24, 2.45) is 0 Å². The standard InChI is InChI=1S/C49H38O4/c50-25-27-52-43-20-16-41(17-21-43)49(42-18-22-44(23-19-42)53-28-26-51)47-8-4-3-7-45(47)46-24-15-40(32-48(46)49)39-14-13-37-30-36(11-12-38(37)31-39)35-10-9-33-5-1-2-6-34(33)29-35/h1-24,29-32,50-51H,25-28H2. The SMILES string of the molecule is OCCOc1ccc(C2(c3ccc(OCCO)cc3)c3ccccc3-c3ccc(-c4ccc5cc(-c6ccc7ccccc7c6)ccc5c4)cc32)cc1. The van der Waals surface area contributed by atoms with Crippen molar-refractivity contribution in [2.75, 3.05) is 26.4 Å². The van der Waals surface area contributed by atoms with E-state index in [1.807, 2.05) is 24.3 Å². The van der Waals surface area contributed by atoms with E-state index in [2.05, 4.69) is 146 Å². The van der Waals surface area contributed by atoms with Crippen molar-refractivity contribution in [3.63, 3.8) is 0 Å². The highest BCUT2D eigenvalue weighted by atomic mass is 16.5. The molecule has 0 aliphatic heterocycles. The Bertz CT molecular complexity index is 2540. The molecule has 0 fully saturated rings. The number of ether oxygens (including phenoxy) is 2. The lowest BCUT2D eigenvalue weighted by Crippen LogP contribution is -2.28. The third kappa shape index (κ3) is 5.73. The van der Waals surface area contributed by atoms with E-state index in [4.69, 9.17) is 9.47 Å². The van der Waals surface area contributed by atoms with Gasteiger partial charge in [0.2, 0.25) is 0 Å². The number of fused-ring (bicyclic) bond motifs is 5. The van der Waals surface area contributed by atoms with Gasteiger partial charge in [-0.3, -0.25) is 0 Å². The van der Waals surface area contributed by atoms with E-state index in [0.29, 0.717) is 11.5 Å². The van der Waals surface area contributed by atoms with Crippen LogP contribution in [-0.4, -0.2) is 36.6 Å². The van der Waals surface area contributed by atoms with Crippen molar-refractivity contribution in [1.29, 1.82) is 0 Å². The molecule has 0 saturated carbocycles. The molecule has 53 heavy (non-hydrogen) atoms. The van der Waals surface area contributed by atoms with Crippen LogP contribution in [0.5, 0.6) is 11.5 Å². The summed E-state index contributed by atoms with van der Waals surface area (Å²) in [6, 6.07) is 60.8. The van der Waals surface area contributed by atoms with Gasteiger partial charge < -0.3 is 19.7 Å². The molecule has 8 aromatic rings. The average Bonchev–Trinajstić information content (AvgIpc) is 3.52. The molecule has 8 aromatic carbocycles. The van der Waals surface area contributed by atoms with E-state index in [-0.39, 0.29) is 26.4 Å². The number of rotatable bonds is 10. The van der Waals surface area contributed by atoms with Crippen LogP contribution in [-0.2, 0) is 5.41 Å². The molecule has 4 nitrogen and oxygen atoms in total. The Balaban J connectivity index is 1.17. The molecule has 0 radical (unpaired) electrons. The van der Waals surface area contributed by atoms with E-state index < -0.39 is 5.41 Å². The van der Waals surface area contributed by atoms with Gasteiger partial charge in [0, 0.05) is 0 Å². The zero-order valence-corrected chi connectivity index (χ0v) is 29.2. The van der Waals surface area contributed by atoms with Crippen LogP contribution in [0, 0.1) is 0 Å². The second-order valence-corrected chi connectivity index (χ2v) is 13.6. The minimum absolute atomic E-state index is 0.0414. The maximum absolute atomic E-state index is 9.36. The van der Waals surface area contributed by atoms with E-state index in [1.54, 1.807) is 0 Å². The van der Waals surface area contributed by atoms with Gasteiger partial charge in [-0.15, -0.1) is 0 Å². The van der Waals surface area contributed by atoms with E-state index in [0.717, 1.165) is 22.3 Å². The fourth-order valence-corrected chi connectivity index (χ4v) is 8.15. The molecule has 0 bridgehead atoms. The molecule has 0 saturated heterocycles. The molecule has 0 atom stereocenters. The van der Waals surface area contributed by atoms with Gasteiger partial charge in [0.1, 0.15) is 24.7 Å². The first-order chi connectivity index (χ1) is 26.1. The summed E-state index contributed by atoms with van der Waals surface area (Å²) in [5, 5.41) is 23.6. The van der Waals surface area contributed by atoms with Crippen molar-refractivity contribution < 1.29 is 19.7 Å². The maximum Gasteiger partial charge on any atom is 0.119 e. The fourth-order valence-electron chi connectivity index (χ4n) is 8.15. The van der Waals surface area contributed by atoms with Crippen molar-refractivity contribution in [1.82, 2.24) is 0 Å². The first-order valence-electron chi connectivity index (χ1n) is 18.1. The van der Waals surface area contributed by atoms with Gasteiger partial charge >= 0.3 is 0 Å². The van der Waals surface area contributed by atoms with Crippen LogP contribution in [0.4, 0.5) is 0 Å². The molecular formula is C49H38O4. The maximum atomic E-state index is 9.36.